The van der Waals surface area contributed by atoms with Gasteiger partial charge in [-0.05, 0) is 67.6 Å². The van der Waals surface area contributed by atoms with Crippen LogP contribution in [0.1, 0.15) is 11.1 Å². The Hall–Kier alpha value is -1.50. The third kappa shape index (κ3) is 4.99. The van der Waals surface area contributed by atoms with E-state index in [1.54, 1.807) is 36.0 Å². The molecule has 0 unspecified atom stereocenters. The number of hydrogen-bond acceptors (Lipinski definition) is 4. The van der Waals surface area contributed by atoms with Crippen LogP contribution in [0, 0.1) is 13.8 Å². The minimum absolute atomic E-state index is 0.222. The largest absolute Gasteiger partial charge is 0.492 e. The van der Waals surface area contributed by atoms with Crippen molar-refractivity contribution in [2.24, 2.45) is 0 Å². The molecule has 4 nitrogen and oxygen atoms in total. The lowest BCUT2D eigenvalue weighted by molar-refractivity contribution is 0.322. The molecule has 1 N–H and O–H groups in total. The Labute approximate surface area is 142 Å². The second kappa shape index (κ2) is 7.86. The average molecular weight is 351 g/mol. The van der Waals surface area contributed by atoms with E-state index >= 15 is 0 Å². The summed E-state index contributed by atoms with van der Waals surface area (Å²) in [6, 6.07) is 12.6. The lowest BCUT2D eigenvalue weighted by atomic mass is 10.1. The Bertz CT molecular complexity index is 756. The van der Waals surface area contributed by atoms with Crippen molar-refractivity contribution in [2.45, 2.75) is 23.6 Å². The first kappa shape index (κ1) is 17.8. The number of sulfonamides is 1. The van der Waals surface area contributed by atoms with Crippen LogP contribution < -0.4 is 9.46 Å². The van der Waals surface area contributed by atoms with E-state index in [1.807, 2.05) is 38.3 Å². The summed E-state index contributed by atoms with van der Waals surface area (Å²) in [4.78, 5) is 1.29. The van der Waals surface area contributed by atoms with Crippen LogP contribution in [0.5, 0.6) is 5.75 Å². The standard InChI is InChI=1S/C17H21NO3S2/c1-13-4-5-15(12-14(13)2)21-11-10-18-23(19,20)17-8-6-16(22-3)7-9-17/h4-9,12,18H,10-11H2,1-3H3. The molecule has 2 aromatic rings. The number of benzene rings is 2. The van der Waals surface area contributed by atoms with E-state index in [9.17, 15) is 8.42 Å². The molecule has 0 aliphatic heterocycles. The van der Waals surface area contributed by atoms with Gasteiger partial charge in [0.1, 0.15) is 12.4 Å². The molecule has 0 aromatic heterocycles. The predicted molar refractivity (Wildman–Crippen MR) is 94.8 cm³/mol. The van der Waals surface area contributed by atoms with Gasteiger partial charge in [0.15, 0.2) is 0 Å². The van der Waals surface area contributed by atoms with Gasteiger partial charge in [0.25, 0.3) is 0 Å². The molecule has 0 aliphatic rings. The van der Waals surface area contributed by atoms with E-state index < -0.39 is 10.0 Å². The van der Waals surface area contributed by atoms with E-state index in [1.165, 1.54) is 5.56 Å². The second-order valence-corrected chi connectivity index (χ2v) is 7.81. The maximum absolute atomic E-state index is 12.2. The Kier molecular flexibility index (Phi) is 6.10. The number of thioether (sulfide) groups is 1. The molecule has 2 rings (SSSR count). The highest BCUT2D eigenvalue weighted by Crippen LogP contribution is 2.18. The van der Waals surface area contributed by atoms with Crippen molar-refractivity contribution in [3.05, 3.63) is 53.6 Å². The first-order chi connectivity index (χ1) is 10.9. The molecule has 0 aliphatic carbocycles. The lowest BCUT2D eigenvalue weighted by Gasteiger charge is -2.10. The van der Waals surface area contributed by atoms with Crippen molar-refractivity contribution < 1.29 is 13.2 Å². The molecule has 2 aromatic carbocycles. The molecule has 0 saturated heterocycles. The zero-order chi connectivity index (χ0) is 16.9. The highest BCUT2D eigenvalue weighted by Gasteiger charge is 2.13. The molecule has 0 saturated carbocycles. The zero-order valence-corrected chi connectivity index (χ0v) is 15.1. The fourth-order valence-corrected chi connectivity index (χ4v) is 3.41. The lowest BCUT2D eigenvalue weighted by Crippen LogP contribution is -2.28. The minimum Gasteiger partial charge on any atom is -0.492 e. The van der Waals surface area contributed by atoms with Crippen LogP contribution >= 0.6 is 11.8 Å². The molecule has 0 spiro atoms. The summed E-state index contributed by atoms with van der Waals surface area (Å²) in [6.07, 6.45) is 1.95. The maximum Gasteiger partial charge on any atom is 0.240 e. The summed E-state index contributed by atoms with van der Waals surface area (Å²) in [5.41, 5.74) is 2.35. The van der Waals surface area contributed by atoms with Gasteiger partial charge in [-0.1, -0.05) is 6.07 Å². The van der Waals surface area contributed by atoms with Gasteiger partial charge in [0.05, 0.1) is 4.90 Å². The molecular formula is C17H21NO3S2. The summed E-state index contributed by atoms with van der Waals surface area (Å²) in [6.45, 7) is 4.56. The first-order valence-corrected chi connectivity index (χ1v) is 9.97. The van der Waals surface area contributed by atoms with Crippen LogP contribution in [-0.4, -0.2) is 27.8 Å². The summed E-state index contributed by atoms with van der Waals surface area (Å²) < 4.78 is 32.5. The number of nitrogens with one attached hydrogen (secondary N) is 1. The van der Waals surface area contributed by atoms with Crippen molar-refractivity contribution in [1.82, 2.24) is 4.72 Å². The van der Waals surface area contributed by atoms with Crippen molar-refractivity contribution >= 4 is 21.8 Å². The van der Waals surface area contributed by atoms with Gasteiger partial charge < -0.3 is 4.74 Å². The fraction of sp³-hybridized carbons (Fsp3) is 0.294. The molecule has 124 valence electrons. The molecule has 0 bridgehead atoms. The van der Waals surface area contributed by atoms with Gasteiger partial charge >= 0.3 is 0 Å². The van der Waals surface area contributed by atoms with Crippen molar-refractivity contribution in [3.63, 3.8) is 0 Å². The first-order valence-electron chi connectivity index (χ1n) is 7.26. The molecule has 0 atom stereocenters. The van der Waals surface area contributed by atoms with Gasteiger partial charge in [0.2, 0.25) is 10.0 Å². The highest BCUT2D eigenvalue weighted by atomic mass is 32.2. The van der Waals surface area contributed by atoms with E-state index in [2.05, 4.69) is 4.72 Å². The van der Waals surface area contributed by atoms with Gasteiger partial charge in [-0.3, -0.25) is 0 Å². The van der Waals surface area contributed by atoms with Gasteiger partial charge in [0, 0.05) is 11.4 Å². The monoisotopic (exact) mass is 351 g/mol. The Morgan fingerprint density at radius 2 is 1.74 bits per heavy atom. The number of aryl methyl sites for hydroxylation is 2. The third-order valence-corrected chi connectivity index (χ3v) is 5.73. The quantitative estimate of drug-likeness (QED) is 0.614. The Morgan fingerprint density at radius 3 is 2.35 bits per heavy atom. The van der Waals surface area contributed by atoms with E-state index in [0.717, 1.165) is 16.2 Å². The topological polar surface area (TPSA) is 55.4 Å². The summed E-state index contributed by atoms with van der Waals surface area (Å²) in [7, 11) is -3.49. The van der Waals surface area contributed by atoms with Gasteiger partial charge in [-0.25, -0.2) is 13.1 Å². The molecule has 23 heavy (non-hydrogen) atoms. The van der Waals surface area contributed by atoms with Crippen molar-refractivity contribution in [1.29, 1.82) is 0 Å². The maximum atomic E-state index is 12.2. The van der Waals surface area contributed by atoms with E-state index in [4.69, 9.17) is 4.74 Å². The third-order valence-electron chi connectivity index (χ3n) is 3.51. The Morgan fingerprint density at radius 1 is 1.04 bits per heavy atom. The summed E-state index contributed by atoms with van der Waals surface area (Å²) in [5.74, 6) is 0.747. The predicted octanol–water partition coefficient (Wildman–Crippen LogP) is 3.38. The average Bonchev–Trinajstić information content (AvgIpc) is 2.55. The second-order valence-electron chi connectivity index (χ2n) is 5.17. The van der Waals surface area contributed by atoms with Crippen LogP contribution in [0.15, 0.2) is 52.3 Å². The molecule has 6 heteroatoms. The summed E-state index contributed by atoms with van der Waals surface area (Å²) >= 11 is 1.57. The van der Waals surface area contributed by atoms with Gasteiger partial charge in [-0.2, -0.15) is 0 Å². The van der Waals surface area contributed by atoms with Crippen LogP contribution in [0.2, 0.25) is 0 Å². The number of ether oxygens (including phenoxy) is 1. The molecule has 0 fully saturated rings. The Balaban J connectivity index is 1.87. The minimum atomic E-state index is -3.49. The van der Waals surface area contributed by atoms with Crippen LogP contribution in [-0.2, 0) is 10.0 Å². The summed E-state index contributed by atoms with van der Waals surface area (Å²) in [5, 5.41) is 0. The van der Waals surface area contributed by atoms with Crippen LogP contribution in [0.25, 0.3) is 0 Å². The normalized spacial score (nSPS) is 11.4. The SMILES string of the molecule is CSc1ccc(S(=O)(=O)NCCOc2ccc(C)c(C)c2)cc1. The molecule has 0 amide bonds. The van der Waals surface area contributed by atoms with Crippen molar-refractivity contribution in [2.75, 3.05) is 19.4 Å². The van der Waals surface area contributed by atoms with Crippen molar-refractivity contribution in [3.8, 4) is 5.75 Å². The highest BCUT2D eigenvalue weighted by molar-refractivity contribution is 7.98. The number of rotatable bonds is 7. The molecule has 0 heterocycles. The number of hydrogen-bond donors (Lipinski definition) is 1. The zero-order valence-electron chi connectivity index (χ0n) is 13.5. The smallest absolute Gasteiger partial charge is 0.240 e. The fourth-order valence-electron chi connectivity index (χ4n) is 1.99. The van der Waals surface area contributed by atoms with E-state index in [-0.39, 0.29) is 18.0 Å². The van der Waals surface area contributed by atoms with E-state index in [0.29, 0.717) is 0 Å². The van der Waals surface area contributed by atoms with Gasteiger partial charge in [-0.15, -0.1) is 11.8 Å². The molecular weight excluding hydrogens is 330 g/mol. The van der Waals surface area contributed by atoms with Crippen LogP contribution in [0.4, 0.5) is 0 Å². The van der Waals surface area contributed by atoms with Crippen LogP contribution in [0.3, 0.4) is 0 Å². The molecule has 0 radical (unpaired) electrons.